The standard InChI is InChI=1S/C36H47NO3/c38-31-19-22-33-35(27-31)40-28-34(29-15-9-8-10-16-29)36(33)30-17-20-32(21-18-30)39-26-14-7-5-3-1-2-4-6-11-23-37-24-12-13-25-37/h8-10,15-22,27,34,36,38H,1-7,11-14,23-26,28H2. The van der Waals surface area contributed by atoms with Crippen molar-refractivity contribution in [3.8, 4) is 17.2 Å². The van der Waals surface area contributed by atoms with Crippen LogP contribution in [-0.2, 0) is 0 Å². The van der Waals surface area contributed by atoms with Crippen molar-refractivity contribution < 1.29 is 14.6 Å². The van der Waals surface area contributed by atoms with E-state index in [9.17, 15) is 5.11 Å². The SMILES string of the molecule is Oc1ccc2c(c1)OCC(c1ccccc1)C2c1ccc(OCCCCCCCCCCCN2CCCC2)cc1. The first-order chi connectivity index (χ1) is 19.8. The number of hydrogen-bond donors (Lipinski definition) is 1. The second-order valence-corrected chi connectivity index (χ2v) is 11.7. The highest BCUT2D eigenvalue weighted by molar-refractivity contribution is 5.50. The molecule has 0 bridgehead atoms. The average Bonchev–Trinajstić information content (AvgIpc) is 3.51. The smallest absolute Gasteiger partial charge is 0.126 e. The van der Waals surface area contributed by atoms with E-state index in [1.165, 1.54) is 95.0 Å². The number of nitrogens with zero attached hydrogens (tertiary/aromatic N) is 1. The van der Waals surface area contributed by atoms with Gasteiger partial charge < -0.3 is 19.5 Å². The van der Waals surface area contributed by atoms with Crippen LogP contribution in [0.4, 0.5) is 0 Å². The molecule has 1 fully saturated rings. The number of aromatic hydroxyl groups is 1. The minimum Gasteiger partial charge on any atom is -0.508 e. The lowest BCUT2D eigenvalue weighted by Crippen LogP contribution is -2.25. The van der Waals surface area contributed by atoms with E-state index in [1.807, 2.05) is 6.07 Å². The summed E-state index contributed by atoms with van der Waals surface area (Å²) < 4.78 is 12.2. The predicted octanol–water partition coefficient (Wildman–Crippen LogP) is 8.69. The zero-order chi connectivity index (χ0) is 27.4. The quantitative estimate of drug-likeness (QED) is 0.195. The Morgan fingerprint density at radius 3 is 2.12 bits per heavy atom. The molecule has 2 heterocycles. The topological polar surface area (TPSA) is 41.9 Å². The Labute approximate surface area is 241 Å². The molecule has 2 atom stereocenters. The number of benzene rings is 3. The van der Waals surface area contributed by atoms with Gasteiger partial charge in [-0.25, -0.2) is 0 Å². The molecular formula is C36H47NO3. The van der Waals surface area contributed by atoms with Crippen molar-refractivity contribution in [1.82, 2.24) is 4.90 Å². The molecule has 0 saturated carbocycles. The Hall–Kier alpha value is -2.98. The monoisotopic (exact) mass is 541 g/mol. The van der Waals surface area contributed by atoms with Crippen molar-refractivity contribution in [1.29, 1.82) is 0 Å². The number of hydrogen-bond acceptors (Lipinski definition) is 4. The summed E-state index contributed by atoms with van der Waals surface area (Å²) in [6.07, 6.45) is 14.8. The van der Waals surface area contributed by atoms with Crippen LogP contribution >= 0.6 is 0 Å². The van der Waals surface area contributed by atoms with Gasteiger partial charge in [0, 0.05) is 23.5 Å². The van der Waals surface area contributed by atoms with Crippen molar-refractivity contribution in [3.05, 3.63) is 89.5 Å². The average molecular weight is 542 g/mol. The Kier molecular flexibility index (Phi) is 10.8. The lowest BCUT2D eigenvalue weighted by atomic mass is 9.76. The first kappa shape index (κ1) is 28.5. The van der Waals surface area contributed by atoms with Crippen LogP contribution in [0, 0.1) is 0 Å². The molecule has 4 nitrogen and oxygen atoms in total. The maximum Gasteiger partial charge on any atom is 0.126 e. The summed E-state index contributed by atoms with van der Waals surface area (Å²) in [6.45, 7) is 5.36. The molecular weight excluding hydrogens is 494 g/mol. The Morgan fingerprint density at radius 1 is 0.725 bits per heavy atom. The number of phenolic OH excluding ortho intramolecular Hbond substituents is 1. The summed E-state index contributed by atoms with van der Waals surface area (Å²) in [5.41, 5.74) is 3.63. The lowest BCUT2D eigenvalue weighted by molar-refractivity contribution is 0.247. The molecule has 5 rings (SSSR count). The minimum atomic E-state index is 0.158. The van der Waals surface area contributed by atoms with Crippen molar-refractivity contribution in [2.75, 3.05) is 32.8 Å². The predicted molar refractivity (Wildman–Crippen MR) is 164 cm³/mol. The van der Waals surface area contributed by atoms with Crippen LogP contribution in [0.1, 0.15) is 99.2 Å². The molecule has 40 heavy (non-hydrogen) atoms. The number of rotatable bonds is 15. The van der Waals surface area contributed by atoms with Gasteiger partial charge in [0.15, 0.2) is 0 Å². The molecule has 0 aliphatic carbocycles. The summed E-state index contributed by atoms with van der Waals surface area (Å²) >= 11 is 0. The number of fused-ring (bicyclic) bond motifs is 1. The maximum absolute atomic E-state index is 10.0. The van der Waals surface area contributed by atoms with Crippen LogP contribution in [-0.4, -0.2) is 42.9 Å². The lowest BCUT2D eigenvalue weighted by Gasteiger charge is -2.34. The van der Waals surface area contributed by atoms with Gasteiger partial charge in [-0.05, 0) is 74.6 Å². The summed E-state index contributed by atoms with van der Waals surface area (Å²) in [6, 6.07) is 24.7. The van der Waals surface area contributed by atoms with E-state index in [0.717, 1.165) is 30.1 Å². The first-order valence-corrected chi connectivity index (χ1v) is 15.7. The third-order valence-corrected chi connectivity index (χ3v) is 8.71. The van der Waals surface area contributed by atoms with Gasteiger partial charge in [0.2, 0.25) is 0 Å². The minimum absolute atomic E-state index is 0.158. The van der Waals surface area contributed by atoms with Crippen molar-refractivity contribution in [2.45, 2.75) is 82.5 Å². The Morgan fingerprint density at radius 2 is 1.40 bits per heavy atom. The number of likely N-dealkylation sites (tertiary alicyclic amines) is 1. The van der Waals surface area contributed by atoms with Gasteiger partial charge in [-0.3, -0.25) is 0 Å². The zero-order valence-corrected chi connectivity index (χ0v) is 24.1. The Balaban J connectivity index is 1.03. The second kappa shape index (κ2) is 15.1. The van der Waals surface area contributed by atoms with Crippen LogP contribution < -0.4 is 9.47 Å². The molecule has 3 aromatic rings. The van der Waals surface area contributed by atoms with Crippen molar-refractivity contribution in [3.63, 3.8) is 0 Å². The number of unbranched alkanes of at least 4 members (excludes halogenated alkanes) is 8. The van der Waals surface area contributed by atoms with Crippen LogP contribution in [0.15, 0.2) is 72.8 Å². The molecule has 1 saturated heterocycles. The van der Waals surface area contributed by atoms with Gasteiger partial charge in [-0.2, -0.15) is 0 Å². The summed E-state index contributed by atoms with van der Waals surface area (Å²) in [4.78, 5) is 2.64. The highest BCUT2D eigenvalue weighted by atomic mass is 16.5. The van der Waals surface area contributed by atoms with Gasteiger partial charge in [-0.1, -0.05) is 93.5 Å². The Bertz CT molecular complexity index is 1140. The third kappa shape index (κ3) is 8.04. The fourth-order valence-electron chi connectivity index (χ4n) is 6.44. The van der Waals surface area contributed by atoms with Crippen LogP contribution in [0.25, 0.3) is 0 Å². The number of phenols is 1. The number of ether oxygens (including phenoxy) is 2. The van der Waals surface area contributed by atoms with E-state index in [2.05, 4.69) is 59.5 Å². The van der Waals surface area contributed by atoms with Gasteiger partial charge in [0.25, 0.3) is 0 Å². The molecule has 2 aliphatic rings. The molecule has 214 valence electrons. The fraction of sp³-hybridized carbons (Fsp3) is 0.500. The molecule has 3 aromatic carbocycles. The molecule has 0 radical (unpaired) electrons. The van der Waals surface area contributed by atoms with Crippen LogP contribution in [0.5, 0.6) is 17.2 Å². The van der Waals surface area contributed by atoms with E-state index in [0.29, 0.717) is 6.61 Å². The van der Waals surface area contributed by atoms with E-state index < -0.39 is 0 Å². The highest BCUT2D eigenvalue weighted by Crippen LogP contribution is 2.47. The van der Waals surface area contributed by atoms with Gasteiger partial charge in [-0.15, -0.1) is 0 Å². The van der Waals surface area contributed by atoms with E-state index in [-0.39, 0.29) is 17.6 Å². The molecule has 0 aromatic heterocycles. The molecule has 2 unspecified atom stereocenters. The molecule has 0 spiro atoms. The van der Waals surface area contributed by atoms with E-state index in [4.69, 9.17) is 9.47 Å². The molecule has 0 amide bonds. The fourth-order valence-corrected chi connectivity index (χ4v) is 6.44. The van der Waals surface area contributed by atoms with Gasteiger partial charge in [0.05, 0.1) is 13.2 Å². The van der Waals surface area contributed by atoms with E-state index >= 15 is 0 Å². The van der Waals surface area contributed by atoms with Gasteiger partial charge >= 0.3 is 0 Å². The van der Waals surface area contributed by atoms with Gasteiger partial charge in [0.1, 0.15) is 17.2 Å². The molecule has 2 aliphatic heterocycles. The molecule has 4 heteroatoms. The second-order valence-electron chi connectivity index (χ2n) is 11.7. The van der Waals surface area contributed by atoms with Crippen molar-refractivity contribution in [2.24, 2.45) is 0 Å². The largest absolute Gasteiger partial charge is 0.508 e. The third-order valence-electron chi connectivity index (χ3n) is 8.71. The maximum atomic E-state index is 10.0. The van der Waals surface area contributed by atoms with Crippen LogP contribution in [0.3, 0.4) is 0 Å². The summed E-state index contributed by atoms with van der Waals surface area (Å²) in [5, 5.41) is 10.0. The first-order valence-electron chi connectivity index (χ1n) is 15.7. The molecule has 1 N–H and O–H groups in total. The zero-order valence-electron chi connectivity index (χ0n) is 24.1. The van der Waals surface area contributed by atoms with Crippen LogP contribution in [0.2, 0.25) is 0 Å². The van der Waals surface area contributed by atoms with E-state index in [1.54, 1.807) is 12.1 Å². The normalized spacial score (nSPS) is 18.8. The highest BCUT2D eigenvalue weighted by Gasteiger charge is 2.33. The summed E-state index contributed by atoms with van der Waals surface area (Å²) in [7, 11) is 0. The van der Waals surface area contributed by atoms with Crippen molar-refractivity contribution >= 4 is 0 Å². The summed E-state index contributed by atoms with van der Waals surface area (Å²) in [5.74, 6) is 2.32.